The molecule has 2 heterocycles. The average molecular weight is 462 g/mol. The van der Waals surface area contributed by atoms with Crippen LogP contribution in [0, 0.1) is 0 Å². The number of hydrogen-bond acceptors (Lipinski definition) is 5. The SMILES string of the molecule is CCCCCNC(=O)c1coc(-c2ccc(C(=CCCCCC(=O)O)c3cccnc3)cc2)n1. The largest absolute Gasteiger partial charge is 0.481 e. The van der Waals surface area contributed by atoms with Crippen LogP contribution >= 0.6 is 0 Å². The van der Waals surface area contributed by atoms with E-state index in [4.69, 9.17) is 9.52 Å². The van der Waals surface area contributed by atoms with E-state index in [0.717, 1.165) is 54.4 Å². The van der Waals surface area contributed by atoms with Gasteiger partial charge in [-0.2, -0.15) is 0 Å². The van der Waals surface area contributed by atoms with Crippen molar-refractivity contribution in [1.29, 1.82) is 0 Å². The normalized spacial score (nSPS) is 11.4. The molecule has 0 aliphatic carbocycles. The Balaban J connectivity index is 1.71. The van der Waals surface area contributed by atoms with E-state index in [0.29, 0.717) is 18.9 Å². The molecule has 0 aliphatic heterocycles. The summed E-state index contributed by atoms with van der Waals surface area (Å²) < 4.78 is 5.55. The summed E-state index contributed by atoms with van der Waals surface area (Å²) in [4.78, 5) is 31.6. The van der Waals surface area contributed by atoms with Gasteiger partial charge in [0, 0.05) is 36.5 Å². The molecule has 0 fully saturated rings. The summed E-state index contributed by atoms with van der Waals surface area (Å²) in [6.45, 7) is 2.75. The summed E-state index contributed by atoms with van der Waals surface area (Å²) in [5, 5.41) is 11.7. The maximum Gasteiger partial charge on any atom is 0.303 e. The quantitative estimate of drug-likeness (QED) is 0.315. The highest BCUT2D eigenvalue weighted by molar-refractivity contribution is 5.92. The smallest absolute Gasteiger partial charge is 0.303 e. The van der Waals surface area contributed by atoms with Crippen LogP contribution in [0.25, 0.3) is 17.0 Å². The average Bonchev–Trinajstić information content (AvgIpc) is 3.35. The lowest BCUT2D eigenvalue weighted by molar-refractivity contribution is -0.137. The van der Waals surface area contributed by atoms with E-state index < -0.39 is 5.97 Å². The molecule has 0 saturated heterocycles. The van der Waals surface area contributed by atoms with Gasteiger partial charge < -0.3 is 14.8 Å². The molecule has 3 aromatic rings. The number of nitrogens with zero attached hydrogens (tertiary/aromatic N) is 2. The number of hydrogen-bond donors (Lipinski definition) is 2. The molecule has 2 N–H and O–H groups in total. The van der Waals surface area contributed by atoms with E-state index >= 15 is 0 Å². The Hall–Kier alpha value is -3.74. The topological polar surface area (TPSA) is 105 Å². The molecule has 0 bridgehead atoms. The van der Waals surface area contributed by atoms with Crippen LogP contribution < -0.4 is 5.32 Å². The Labute approximate surface area is 200 Å². The number of unbranched alkanes of at least 4 members (excludes halogenated alkanes) is 4. The summed E-state index contributed by atoms with van der Waals surface area (Å²) in [6, 6.07) is 11.7. The second-order valence-electron chi connectivity index (χ2n) is 8.08. The zero-order valence-electron chi connectivity index (χ0n) is 19.5. The van der Waals surface area contributed by atoms with Crippen molar-refractivity contribution >= 4 is 17.4 Å². The number of carbonyl (C=O) groups is 2. The van der Waals surface area contributed by atoms with Crippen LogP contribution in [0.4, 0.5) is 0 Å². The third-order valence-electron chi connectivity index (χ3n) is 5.41. The molecule has 0 atom stereocenters. The van der Waals surface area contributed by atoms with Gasteiger partial charge in [-0.15, -0.1) is 0 Å². The first-order valence-electron chi connectivity index (χ1n) is 11.8. The Kier molecular flexibility index (Phi) is 9.58. The number of carboxylic acid groups (broad SMARTS) is 1. The van der Waals surface area contributed by atoms with Crippen LogP contribution in [0.5, 0.6) is 0 Å². The number of aromatic nitrogens is 2. The van der Waals surface area contributed by atoms with Crippen molar-refractivity contribution in [3.63, 3.8) is 0 Å². The van der Waals surface area contributed by atoms with E-state index in [-0.39, 0.29) is 18.0 Å². The standard InChI is InChI=1S/C27H31N3O4/c1-2-3-7-17-29-26(33)24-19-34-27(30-24)21-14-12-20(13-15-21)23(22-9-8-16-28-18-22)10-5-4-6-11-25(31)32/h8-10,12-16,18-19H,2-7,11,17H2,1H3,(H,29,33)(H,31,32). The zero-order chi connectivity index (χ0) is 24.2. The van der Waals surface area contributed by atoms with E-state index in [2.05, 4.69) is 28.3 Å². The molecule has 2 aromatic heterocycles. The third-order valence-corrected chi connectivity index (χ3v) is 5.41. The van der Waals surface area contributed by atoms with Gasteiger partial charge in [-0.05, 0) is 55.0 Å². The second kappa shape index (κ2) is 13.1. The predicted molar refractivity (Wildman–Crippen MR) is 131 cm³/mol. The molecule has 0 unspecified atom stereocenters. The molecule has 0 saturated carbocycles. The van der Waals surface area contributed by atoms with Crippen molar-refractivity contribution in [3.8, 4) is 11.5 Å². The molecular weight excluding hydrogens is 430 g/mol. The van der Waals surface area contributed by atoms with Crippen molar-refractivity contribution < 1.29 is 19.1 Å². The summed E-state index contributed by atoms with van der Waals surface area (Å²) in [6.07, 6.45) is 12.6. The highest BCUT2D eigenvalue weighted by atomic mass is 16.4. The fourth-order valence-corrected chi connectivity index (χ4v) is 3.56. The molecule has 1 amide bonds. The van der Waals surface area contributed by atoms with Gasteiger partial charge in [-0.1, -0.05) is 44.0 Å². The summed E-state index contributed by atoms with van der Waals surface area (Å²) in [7, 11) is 0. The number of carbonyl (C=O) groups excluding carboxylic acids is 1. The number of rotatable bonds is 13. The first-order valence-corrected chi connectivity index (χ1v) is 11.8. The molecular formula is C27H31N3O4. The van der Waals surface area contributed by atoms with Crippen LogP contribution in [-0.4, -0.2) is 33.5 Å². The van der Waals surface area contributed by atoms with Crippen LogP contribution in [0.1, 0.15) is 73.5 Å². The number of oxazole rings is 1. The summed E-state index contributed by atoms with van der Waals surface area (Å²) in [5.74, 6) is -0.603. The Morgan fingerprint density at radius 2 is 1.88 bits per heavy atom. The molecule has 34 heavy (non-hydrogen) atoms. The van der Waals surface area contributed by atoms with E-state index in [1.165, 1.54) is 6.26 Å². The predicted octanol–water partition coefficient (Wildman–Crippen LogP) is 5.73. The maximum absolute atomic E-state index is 12.3. The lowest BCUT2D eigenvalue weighted by atomic mass is 9.96. The van der Waals surface area contributed by atoms with Gasteiger partial charge >= 0.3 is 5.97 Å². The Bertz CT molecular complexity index is 1090. The zero-order valence-corrected chi connectivity index (χ0v) is 19.5. The number of amides is 1. The monoisotopic (exact) mass is 461 g/mol. The summed E-state index contributed by atoms with van der Waals surface area (Å²) in [5.41, 5.74) is 4.09. The number of nitrogens with one attached hydrogen (secondary N) is 1. The van der Waals surface area contributed by atoms with Gasteiger partial charge in [0.1, 0.15) is 6.26 Å². The van der Waals surface area contributed by atoms with Gasteiger partial charge in [-0.3, -0.25) is 14.6 Å². The fourth-order valence-electron chi connectivity index (χ4n) is 3.56. The van der Waals surface area contributed by atoms with Gasteiger partial charge in [0.05, 0.1) is 0 Å². The van der Waals surface area contributed by atoms with E-state index in [1.54, 1.807) is 6.20 Å². The molecule has 178 valence electrons. The minimum absolute atomic E-state index is 0.180. The van der Waals surface area contributed by atoms with Crippen molar-refractivity contribution in [1.82, 2.24) is 15.3 Å². The molecule has 0 radical (unpaired) electrons. The van der Waals surface area contributed by atoms with Gasteiger partial charge in [0.25, 0.3) is 5.91 Å². The van der Waals surface area contributed by atoms with Crippen LogP contribution in [-0.2, 0) is 4.79 Å². The Morgan fingerprint density at radius 3 is 2.59 bits per heavy atom. The first-order chi connectivity index (χ1) is 16.6. The number of carboxylic acids is 1. The van der Waals surface area contributed by atoms with Gasteiger partial charge in [0.2, 0.25) is 5.89 Å². The number of benzene rings is 1. The number of allylic oxidation sites excluding steroid dienone is 1. The van der Waals surface area contributed by atoms with Crippen LogP contribution in [0.3, 0.4) is 0 Å². The molecule has 3 rings (SSSR count). The lowest BCUT2D eigenvalue weighted by Gasteiger charge is -2.09. The second-order valence-corrected chi connectivity index (χ2v) is 8.08. The highest BCUT2D eigenvalue weighted by Gasteiger charge is 2.14. The fraction of sp³-hybridized carbons (Fsp3) is 0.333. The molecule has 0 spiro atoms. The van der Waals surface area contributed by atoms with E-state index in [1.807, 2.05) is 42.6 Å². The molecule has 7 heteroatoms. The highest BCUT2D eigenvalue weighted by Crippen LogP contribution is 2.27. The van der Waals surface area contributed by atoms with Crippen LogP contribution in [0.15, 0.2) is 65.5 Å². The van der Waals surface area contributed by atoms with Crippen molar-refractivity contribution in [3.05, 3.63) is 78.0 Å². The number of aliphatic carboxylic acids is 1. The van der Waals surface area contributed by atoms with E-state index in [9.17, 15) is 9.59 Å². The lowest BCUT2D eigenvalue weighted by Crippen LogP contribution is -2.24. The van der Waals surface area contributed by atoms with Crippen molar-refractivity contribution in [2.45, 2.75) is 51.9 Å². The molecule has 0 aliphatic rings. The van der Waals surface area contributed by atoms with Gasteiger partial charge in [0.15, 0.2) is 5.69 Å². The Morgan fingerprint density at radius 1 is 1.06 bits per heavy atom. The van der Waals surface area contributed by atoms with Crippen molar-refractivity contribution in [2.75, 3.05) is 6.54 Å². The third kappa shape index (κ3) is 7.40. The maximum atomic E-state index is 12.3. The molecule has 7 nitrogen and oxygen atoms in total. The first kappa shape index (κ1) is 24.9. The van der Waals surface area contributed by atoms with Gasteiger partial charge in [-0.25, -0.2) is 4.98 Å². The van der Waals surface area contributed by atoms with Crippen molar-refractivity contribution in [2.24, 2.45) is 0 Å². The minimum atomic E-state index is -0.768. The summed E-state index contributed by atoms with van der Waals surface area (Å²) >= 11 is 0. The minimum Gasteiger partial charge on any atom is -0.481 e. The molecule has 1 aromatic carbocycles. The van der Waals surface area contributed by atoms with Crippen LogP contribution in [0.2, 0.25) is 0 Å². The number of pyridine rings is 1.